The summed E-state index contributed by atoms with van der Waals surface area (Å²) in [6.45, 7) is 1.66. The number of aromatic hydroxyl groups is 1. The Morgan fingerprint density at radius 2 is 1.90 bits per heavy atom. The minimum atomic E-state index is -3.45. The molecule has 2 N–H and O–H groups in total. The van der Waals surface area contributed by atoms with Gasteiger partial charge in [0.1, 0.15) is 5.75 Å². The highest BCUT2D eigenvalue weighted by molar-refractivity contribution is 7.92. The number of hydrogen-bond donors (Lipinski definition) is 2. The quantitative estimate of drug-likeness (QED) is 0.884. The average molecular weight is 292 g/mol. The highest BCUT2D eigenvalue weighted by Gasteiger charge is 2.13. The standard InChI is InChI=1S/C14H16N2O3S/c1-11-13(3-2-4-14(11)17)16-20(18,19)10-7-12-5-8-15-9-6-12/h2-6,8-9,16-17H,7,10H2,1H3. The number of anilines is 1. The van der Waals surface area contributed by atoms with Crippen LogP contribution in [0.3, 0.4) is 0 Å². The molecule has 0 saturated heterocycles. The van der Waals surface area contributed by atoms with Gasteiger partial charge in [0.25, 0.3) is 0 Å². The second-order valence-electron chi connectivity index (χ2n) is 4.48. The zero-order valence-corrected chi connectivity index (χ0v) is 11.9. The molecule has 0 radical (unpaired) electrons. The maximum absolute atomic E-state index is 12.0. The van der Waals surface area contributed by atoms with Gasteiger partial charge in [-0.25, -0.2) is 8.42 Å². The first-order valence-corrected chi connectivity index (χ1v) is 7.81. The van der Waals surface area contributed by atoms with Gasteiger partial charge >= 0.3 is 0 Å². The van der Waals surface area contributed by atoms with Crippen LogP contribution < -0.4 is 4.72 Å². The summed E-state index contributed by atoms with van der Waals surface area (Å²) in [7, 11) is -3.45. The van der Waals surface area contributed by atoms with Crippen molar-refractivity contribution in [1.29, 1.82) is 0 Å². The fourth-order valence-electron chi connectivity index (χ4n) is 1.75. The Balaban J connectivity index is 2.06. The summed E-state index contributed by atoms with van der Waals surface area (Å²) in [5.74, 6) is 0.0471. The number of nitrogens with zero attached hydrogens (tertiary/aromatic N) is 1. The lowest BCUT2D eigenvalue weighted by Crippen LogP contribution is -2.18. The van der Waals surface area contributed by atoms with Crippen LogP contribution in [-0.2, 0) is 16.4 Å². The second-order valence-corrected chi connectivity index (χ2v) is 6.32. The molecule has 2 rings (SSSR count). The third-order valence-electron chi connectivity index (χ3n) is 2.98. The van der Waals surface area contributed by atoms with Crippen LogP contribution in [-0.4, -0.2) is 24.3 Å². The van der Waals surface area contributed by atoms with Crippen LogP contribution in [0, 0.1) is 6.92 Å². The Morgan fingerprint density at radius 3 is 2.60 bits per heavy atom. The summed E-state index contributed by atoms with van der Waals surface area (Å²) in [4.78, 5) is 3.89. The van der Waals surface area contributed by atoms with Crippen molar-refractivity contribution in [3.8, 4) is 5.75 Å². The maximum atomic E-state index is 12.0. The van der Waals surface area contributed by atoms with Gasteiger partial charge in [0.05, 0.1) is 11.4 Å². The molecule has 0 aliphatic rings. The van der Waals surface area contributed by atoms with Crippen molar-refractivity contribution in [3.05, 3.63) is 53.9 Å². The van der Waals surface area contributed by atoms with E-state index in [-0.39, 0.29) is 11.5 Å². The molecule has 0 atom stereocenters. The van der Waals surface area contributed by atoms with Crippen molar-refractivity contribution in [2.45, 2.75) is 13.3 Å². The molecule has 0 aliphatic carbocycles. The molecule has 1 aromatic heterocycles. The van der Waals surface area contributed by atoms with Gasteiger partial charge in [-0.15, -0.1) is 0 Å². The highest BCUT2D eigenvalue weighted by atomic mass is 32.2. The van der Waals surface area contributed by atoms with E-state index >= 15 is 0 Å². The molecule has 2 aromatic rings. The van der Waals surface area contributed by atoms with Crippen molar-refractivity contribution in [3.63, 3.8) is 0 Å². The molecular formula is C14H16N2O3S. The van der Waals surface area contributed by atoms with Gasteiger partial charge in [-0.2, -0.15) is 0 Å². The topological polar surface area (TPSA) is 79.3 Å². The van der Waals surface area contributed by atoms with Crippen LogP contribution in [0.15, 0.2) is 42.7 Å². The van der Waals surface area contributed by atoms with Crippen molar-refractivity contribution >= 4 is 15.7 Å². The van der Waals surface area contributed by atoms with Crippen molar-refractivity contribution in [1.82, 2.24) is 4.98 Å². The Kier molecular flexibility index (Phi) is 4.24. The minimum absolute atomic E-state index is 0.0217. The van der Waals surface area contributed by atoms with Crippen LogP contribution in [0.4, 0.5) is 5.69 Å². The first-order valence-electron chi connectivity index (χ1n) is 6.16. The van der Waals surface area contributed by atoms with Gasteiger partial charge in [0, 0.05) is 18.0 Å². The lowest BCUT2D eigenvalue weighted by molar-refractivity contribution is 0.471. The van der Waals surface area contributed by atoms with E-state index in [9.17, 15) is 13.5 Å². The van der Waals surface area contributed by atoms with Crippen molar-refractivity contribution < 1.29 is 13.5 Å². The molecule has 106 valence electrons. The Bertz CT molecular complexity index is 685. The van der Waals surface area contributed by atoms with Gasteiger partial charge in [-0.3, -0.25) is 9.71 Å². The summed E-state index contributed by atoms with van der Waals surface area (Å²) in [6.07, 6.45) is 3.68. The van der Waals surface area contributed by atoms with Crippen molar-refractivity contribution in [2.75, 3.05) is 10.5 Å². The zero-order chi connectivity index (χ0) is 14.6. The third kappa shape index (κ3) is 3.71. The molecule has 0 fully saturated rings. The van der Waals surface area contributed by atoms with Crippen LogP contribution in [0.5, 0.6) is 5.75 Å². The maximum Gasteiger partial charge on any atom is 0.233 e. The highest BCUT2D eigenvalue weighted by Crippen LogP contribution is 2.24. The lowest BCUT2D eigenvalue weighted by Gasteiger charge is -2.11. The number of aryl methyl sites for hydroxylation is 1. The molecule has 0 saturated carbocycles. The van der Waals surface area contributed by atoms with Crippen LogP contribution >= 0.6 is 0 Å². The first-order chi connectivity index (χ1) is 9.48. The van der Waals surface area contributed by atoms with Gasteiger partial charge < -0.3 is 5.11 Å². The van der Waals surface area contributed by atoms with E-state index in [2.05, 4.69) is 9.71 Å². The zero-order valence-electron chi connectivity index (χ0n) is 11.1. The summed E-state index contributed by atoms with van der Waals surface area (Å²) in [6, 6.07) is 8.32. The predicted octanol–water partition coefficient (Wildman–Crippen LogP) is 2.08. The van der Waals surface area contributed by atoms with Gasteiger partial charge in [0.2, 0.25) is 10.0 Å². The van der Waals surface area contributed by atoms with Gasteiger partial charge in [-0.1, -0.05) is 6.07 Å². The van der Waals surface area contributed by atoms with E-state index in [0.717, 1.165) is 5.56 Å². The molecule has 1 heterocycles. The number of rotatable bonds is 5. The number of hydrogen-bond acceptors (Lipinski definition) is 4. The smallest absolute Gasteiger partial charge is 0.233 e. The van der Waals surface area contributed by atoms with E-state index in [4.69, 9.17) is 0 Å². The van der Waals surface area contributed by atoms with E-state index in [1.807, 2.05) is 0 Å². The molecule has 20 heavy (non-hydrogen) atoms. The Labute approximate surface area is 118 Å². The SMILES string of the molecule is Cc1c(O)cccc1NS(=O)(=O)CCc1ccncc1. The fourth-order valence-corrected chi connectivity index (χ4v) is 2.92. The molecule has 0 aliphatic heterocycles. The summed E-state index contributed by atoms with van der Waals surface area (Å²) < 4.78 is 26.6. The monoisotopic (exact) mass is 292 g/mol. The third-order valence-corrected chi connectivity index (χ3v) is 4.25. The van der Waals surface area contributed by atoms with E-state index in [1.54, 1.807) is 43.6 Å². The summed E-state index contributed by atoms with van der Waals surface area (Å²) in [5.41, 5.74) is 1.83. The van der Waals surface area contributed by atoms with Crippen LogP contribution in [0.1, 0.15) is 11.1 Å². The van der Waals surface area contributed by atoms with E-state index in [1.165, 1.54) is 6.07 Å². The summed E-state index contributed by atoms with van der Waals surface area (Å²) >= 11 is 0. The number of phenolic OH excluding ortho intramolecular Hbond substituents is 1. The molecule has 0 spiro atoms. The second kappa shape index (κ2) is 5.92. The number of nitrogens with one attached hydrogen (secondary N) is 1. The first kappa shape index (κ1) is 14.3. The summed E-state index contributed by atoms with van der Waals surface area (Å²) in [5, 5.41) is 9.56. The largest absolute Gasteiger partial charge is 0.508 e. The molecular weight excluding hydrogens is 276 g/mol. The van der Waals surface area contributed by atoms with Gasteiger partial charge in [0.15, 0.2) is 0 Å². The van der Waals surface area contributed by atoms with E-state index in [0.29, 0.717) is 17.7 Å². The molecule has 0 bridgehead atoms. The predicted molar refractivity (Wildman–Crippen MR) is 78.2 cm³/mol. The number of phenols is 1. The number of aromatic nitrogens is 1. The number of pyridine rings is 1. The van der Waals surface area contributed by atoms with Gasteiger partial charge in [-0.05, 0) is 43.2 Å². The molecule has 0 unspecified atom stereocenters. The normalized spacial score (nSPS) is 11.2. The average Bonchev–Trinajstić information content (AvgIpc) is 2.43. The molecule has 6 heteroatoms. The Morgan fingerprint density at radius 1 is 1.20 bits per heavy atom. The Hall–Kier alpha value is -2.08. The van der Waals surface area contributed by atoms with Crippen LogP contribution in [0.2, 0.25) is 0 Å². The number of benzene rings is 1. The lowest BCUT2D eigenvalue weighted by atomic mass is 10.2. The number of sulfonamides is 1. The van der Waals surface area contributed by atoms with Crippen molar-refractivity contribution in [2.24, 2.45) is 0 Å². The van der Waals surface area contributed by atoms with Crippen LogP contribution in [0.25, 0.3) is 0 Å². The minimum Gasteiger partial charge on any atom is -0.508 e. The fraction of sp³-hybridized carbons (Fsp3) is 0.214. The molecule has 0 amide bonds. The molecule has 5 nitrogen and oxygen atoms in total. The van der Waals surface area contributed by atoms with E-state index < -0.39 is 10.0 Å². The molecule has 1 aromatic carbocycles.